The van der Waals surface area contributed by atoms with Gasteiger partial charge in [-0.1, -0.05) is 0 Å². The van der Waals surface area contributed by atoms with Gasteiger partial charge < -0.3 is 14.7 Å². The molecule has 0 radical (unpaired) electrons. The van der Waals surface area contributed by atoms with Gasteiger partial charge in [-0.25, -0.2) is 9.97 Å². The molecule has 0 aromatic carbocycles. The predicted molar refractivity (Wildman–Crippen MR) is 115 cm³/mol. The molecule has 4 rings (SSSR count). The maximum absolute atomic E-state index is 11.2. The third-order valence-corrected chi connectivity index (χ3v) is 5.45. The van der Waals surface area contributed by atoms with Crippen LogP contribution in [-0.4, -0.2) is 62.0 Å². The topological polar surface area (TPSA) is 117 Å². The molecule has 0 atom stereocenters. The quantitative estimate of drug-likeness (QED) is 0.597. The van der Waals surface area contributed by atoms with Crippen LogP contribution in [0.3, 0.4) is 0 Å². The van der Waals surface area contributed by atoms with E-state index in [-0.39, 0.29) is 12.7 Å². The number of hydrogen-bond donors (Lipinski definition) is 2. The Balaban J connectivity index is 1.33. The Morgan fingerprint density at radius 2 is 2.03 bits per heavy atom. The van der Waals surface area contributed by atoms with E-state index in [0.717, 1.165) is 42.9 Å². The highest BCUT2D eigenvalue weighted by molar-refractivity contribution is 5.73. The summed E-state index contributed by atoms with van der Waals surface area (Å²) in [5.74, 6) is 1.32. The molecule has 1 aliphatic rings. The number of hydrogen-bond acceptors (Lipinski definition) is 7. The van der Waals surface area contributed by atoms with Gasteiger partial charge in [-0.05, 0) is 51.0 Å². The molecule has 0 unspecified atom stereocenters. The first kappa shape index (κ1) is 20.9. The Kier molecular flexibility index (Phi) is 5.94. The molecule has 0 saturated carbocycles. The van der Waals surface area contributed by atoms with Crippen LogP contribution in [0.1, 0.15) is 26.7 Å². The normalized spacial score (nSPS) is 15.2. The van der Waals surface area contributed by atoms with Gasteiger partial charge in [-0.15, -0.1) is 0 Å². The maximum Gasteiger partial charge on any atom is 0.311 e. The summed E-state index contributed by atoms with van der Waals surface area (Å²) in [6.45, 7) is 5.22. The zero-order chi connectivity index (χ0) is 21.8. The molecule has 3 aromatic rings. The fourth-order valence-electron chi connectivity index (χ4n) is 3.37. The lowest BCUT2D eigenvalue weighted by Gasteiger charge is -2.34. The minimum atomic E-state index is -0.869. The van der Waals surface area contributed by atoms with Crippen LogP contribution in [0.4, 0.5) is 5.82 Å². The number of nitrogens with zero attached hydrogens (tertiary/aromatic N) is 5. The number of ether oxygens (including phenoxy) is 1. The van der Waals surface area contributed by atoms with Gasteiger partial charge in [-0.3, -0.25) is 14.9 Å². The Labute approximate surface area is 180 Å². The second-order valence-corrected chi connectivity index (χ2v) is 8.34. The van der Waals surface area contributed by atoms with Crippen molar-refractivity contribution in [1.82, 2.24) is 25.1 Å². The van der Waals surface area contributed by atoms with E-state index in [0.29, 0.717) is 11.6 Å². The molecule has 4 heterocycles. The van der Waals surface area contributed by atoms with Crippen LogP contribution in [0.2, 0.25) is 0 Å². The van der Waals surface area contributed by atoms with Gasteiger partial charge >= 0.3 is 5.97 Å². The number of anilines is 1. The average Bonchev–Trinajstić information content (AvgIpc) is 3.29. The van der Waals surface area contributed by atoms with Gasteiger partial charge in [0, 0.05) is 42.8 Å². The summed E-state index contributed by atoms with van der Waals surface area (Å²) < 4.78 is 5.86. The van der Waals surface area contributed by atoms with E-state index >= 15 is 0 Å². The van der Waals surface area contributed by atoms with Crippen LogP contribution in [0.15, 0.2) is 42.9 Å². The van der Waals surface area contributed by atoms with Crippen LogP contribution in [-0.2, 0) is 9.53 Å². The lowest BCUT2D eigenvalue weighted by atomic mass is 9.95. The number of carboxylic acid groups (broad SMARTS) is 1. The maximum atomic E-state index is 11.2. The van der Waals surface area contributed by atoms with Crippen LogP contribution in [0.5, 0.6) is 0 Å². The van der Waals surface area contributed by atoms with E-state index in [4.69, 9.17) is 4.74 Å². The molecule has 9 heteroatoms. The van der Waals surface area contributed by atoms with Crippen LogP contribution in [0.25, 0.3) is 22.8 Å². The highest BCUT2D eigenvalue weighted by Gasteiger charge is 2.30. The minimum Gasteiger partial charge on any atom is -0.481 e. The second kappa shape index (κ2) is 8.81. The molecule has 0 aliphatic carbocycles. The molecule has 0 spiro atoms. The van der Waals surface area contributed by atoms with Gasteiger partial charge in [-0.2, -0.15) is 5.10 Å². The van der Waals surface area contributed by atoms with Crippen molar-refractivity contribution in [3.05, 3.63) is 42.9 Å². The van der Waals surface area contributed by atoms with E-state index in [1.54, 1.807) is 32.4 Å². The molecular weight excluding hydrogens is 396 g/mol. The third-order valence-electron chi connectivity index (χ3n) is 5.45. The van der Waals surface area contributed by atoms with Gasteiger partial charge in [0.05, 0.1) is 18.1 Å². The standard InChI is InChI=1S/C22H26N6O3/c1-22(2,21(29)30)14-31-17-7-10-28(11-8-17)18-6-5-16(13-24-18)20-25-19(26-27-20)15-4-3-9-23-12-15/h3-6,9,12-13,17H,7-8,10-11,14H2,1-2H3,(H,29,30)(H,25,26,27). The van der Waals surface area contributed by atoms with E-state index in [1.165, 1.54) is 0 Å². The molecule has 9 nitrogen and oxygen atoms in total. The lowest BCUT2D eigenvalue weighted by Crippen LogP contribution is -2.39. The summed E-state index contributed by atoms with van der Waals surface area (Å²) in [5.41, 5.74) is 0.846. The summed E-state index contributed by atoms with van der Waals surface area (Å²) in [6, 6.07) is 7.73. The van der Waals surface area contributed by atoms with E-state index < -0.39 is 11.4 Å². The Morgan fingerprint density at radius 1 is 1.23 bits per heavy atom. The van der Waals surface area contributed by atoms with Crippen LogP contribution < -0.4 is 4.90 Å². The zero-order valence-electron chi connectivity index (χ0n) is 17.7. The first-order valence-electron chi connectivity index (χ1n) is 10.3. The van der Waals surface area contributed by atoms with Gasteiger partial charge in [0.15, 0.2) is 11.6 Å². The van der Waals surface area contributed by atoms with Crippen molar-refractivity contribution >= 4 is 11.8 Å². The first-order valence-corrected chi connectivity index (χ1v) is 10.3. The van der Waals surface area contributed by atoms with E-state index in [9.17, 15) is 9.90 Å². The Morgan fingerprint density at radius 3 is 2.68 bits per heavy atom. The summed E-state index contributed by atoms with van der Waals surface area (Å²) in [4.78, 5) is 26.7. The second-order valence-electron chi connectivity index (χ2n) is 8.34. The van der Waals surface area contributed by atoms with Crippen LogP contribution >= 0.6 is 0 Å². The Bertz CT molecular complexity index is 1010. The summed E-state index contributed by atoms with van der Waals surface area (Å²) in [6.07, 6.45) is 7.00. The minimum absolute atomic E-state index is 0.0780. The predicted octanol–water partition coefficient (Wildman–Crippen LogP) is 3.02. The molecule has 1 fully saturated rings. The van der Waals surface area contributed by atoms with Crippen molar-refractivity contribution in [3.8, 4) is 22.8 Å². The molecule has 2 N–H and O–H groups in total. The van der Waals surface area contributed by atoms with E-state index in [2.05, 4.69) is 30.0 Å². The lowest BCUT2D eigenvalue weighted by molar-refractivity contribution is -0.152. The average molecular weight is 422 g/mol. The number of H-pyrrole nitrogens is 1. The molecule has 0 amide bonds. The molecule has 3 aromatic heterocycles. The van der Waals surface area contributed by atoms with Gasteiger partial charge in [0.25, 0.3) is 0 Å². The third kappa shape index (κ3) is 4.88. The molecular formula is C22H26N6O3. The number of nitrogens with one attached hydrogen (secondary N) is 1. The largest absolute Gasteiger partial charge is 0.481 e. The van der Waals surface area contributed by atoms with Gasteiger partial charge in [0.2, 0.25) is 0 Å². The summed E-state index contributed by atoms with van der Waals surface area (Å²) >= 11 is 0. The number of rotatable bonds is 7. The fourth-order valence-corrected chi connectivity index (χ4v) is 3.37. The van der Waals surface area contributed by atoms with Crippen molar-refractivity contribution < 1.29 is 14.6 Å². The van der Waals surface area contributed by atoms with Crippen molar-refractivity contribution in [3.63, 3.8) is 0 Å². The molecule has 162 valence electrons. The Hall–Kier alpha value is -3.33. The van der Waals surface area contributed by atoms with Crippen molar-refractivity contribution in [2.75, 3.05) is 24.6 Å². The molecule has 0 bridgehead atoms. The highest BCUT2D eigenvalue weighted by Crippen LogP contribution is 2.25. The number of carbonyl (C=O) groups is 1. The summed E-state index contributed by atoms with van der Waals surface area (Å²) in [7, 11) is 0. The SMILES string of the molecule is CC(C)(COC1CCN(c2ccc(-c3nc(-c4cccnc4)n[nH]3)cn2)CC1)C(=O)O. The molecule has 1 aliphatic heterocycles. The van der Waals surface area contributed by atoms with Crippen molar-refractivity contribution in [2.45, 2.75) is 32.8 Å². The monoisotopic (exact) mass is 422 g/mol. The fraction of sp³-hybridized carbons (Fsp3) is 0.409. The zero-order valence-corrected chi connectivity index (χ0v) is 17.7. The van der Waals surface area contributed by atoms with Crippen molar-refractivity contribution in [1.29, 1.82) is 0 Å². The summed E-state index contributed by atoms with van der Waals surface area (Å²) in [5, 5.41) is 16.4. The number of aliphatic carboxylic acids is 1. The number of aromatic amines is 1. The highest BCUT2D eigenvalue weighted by atomic mass is 16.5. The smallest absolute Gasteiger partial charge is 0.311 e. The number of pyridine rings is 2. The molecule has 1 saturated heterocycles. The molecule has 31 heavy (non-hydrogen) atoms. The number of piperidine rings is 1. The van der Waals surface area contributed by atoms with Gasteiger partial charge in [0.1, 0.15) is 5.82 Å². The number of carboxylic acids is 1. The first-order chi connectivity index (χ1) is 14.9. The van der Waals surface area contributed by atoms with E-state index in [1.807, 2.05) is 24.3 Å². The van der Waals surface area contributed by atoms with Crippen molar-refractivity contribution in [2.24, 2.45) is 5.41 Å². The number of aromatic nitrogens is 5. The van der Waals surface area contributed by atoms with Crippen LogP contribution in [0, 0.1) is 5.41 Å².